The third kappa shape index (κ3) is 2.79. The van der Waals surface area contributed by atoms with Crippen LogP contribution < -0.4 is 0 Å². The molecule has 3 heteroatoms. The zero-order chi connectivity index (χ0) is 10.6. The van der Waals surface area contributed by atoms with Gasteiger partial charge < -0.3 is 14.3 Å². The van der Waals surface area contributed by atoms with Crippen LogP contribution in [-0.4, -0.2) is 31.2 Å². The summed E-state index contributed by atoms with van der Waals surface area (Å²) in [6.07, 6.45) is 8.48. The number of aldehydes is 1. The van der Waals surface area contributed by atoms with Crippen LogP contribution in [0.1, 0.15) is 44.9 Å². The van der Waals surface area contributed by atoms with Crippen molar-refractivity contribution in [3.05, 3.63) is 0 Å². The second-order valence-corrected chi connectivity index (χ2v) is 4.67. The van der Waals surface area contributed by atoms with Gasteiger partial charge in [0.25, 0.3) is 0 Å². The lowest BCUT2D eigenvalue weighted by atomic mass is 9.85. The summed E-state index contributed by atoms with van der Waals surface area (Å²) in [7, 11) is 0. The molecule has 0 unspecified atom stereocenters. The minimum atomic E-state index is -0.458. The molecule has 0 atom stereocenters. The molecular formula is C12H20O3. The van der Waals surface area contributed by atoms with Gasteiger partial charge in [-0.3, -0.25) is 0 Å². The van der Waals surface area contributed by atoms with Gasteiger partial charge in [0, 0.05) is 13.2 Å². The Morgan fingerprint density at radius 3 is 2.40 bits per heavy atom. The fourth-order valence-corrected chi connectivity index (χ4v) is 2.54. The molecule has 0 spiro atoms. The van der Waals surface area contributed by atoms with Crippen molar-refractivity contribution in [1.82, 2.24) is 0 Å². The van der Waals surface area contributed by atoms with Crippen molar-refractivity contribution in [3.63, 3.8) is 0 Å². The summed E-state index contributed by atoms with van der Waals surface area (Å²) < 4.78 is 11.3. The normalized spacial score (nSPS) is 27.5. The molecule has 2 fully saturated rings. The maximum absolute atomic E-state index is 11.2. The van der Waals surface area contributed by atoms with E-state index in [1.165, 1.54) is 6.42 Å². The summed E-state index contributed by atoms with van der Waals surface area (Å²) in [5, 5.41) is 0. The van der Waals surface area contributed by atoms with Gasteiger partial charge in [-0.25, -0.2) is 0 Å². The van der Waals surface area contributed by atoms with Crippen molar-refractivity contribution in [1.29, 1.82) is 0 Å². The van der Waals surface area contributed by atoms with E-state index in [1.54, 1.807) is 0 Å². The van der Waals surface area contributed by atoms with Crippen molar-refractivity contribution < 1.29 is 14.3 Å². The van der Waals surface area contributed by atoms with Crippen LogP contribution in [0.3, 0.4) is 0 Å². The lowest BCUT2D eigenvalue weighted by Crippen LogP contribution is -2.41. The van der Waals surface area contributed by atoms with Crippen LogP contribution in [-0.2, 0) is 14.3 Å². The van der Waals surface area contributed by atoms with Crippen LogP contribution in [0.2, 0.25) is 0 Å². The predicted octanol–water partition coefficient (Wildman–Crippen LogP) is 2.08. The maximum atomic E-state index is 11.2. The van der Waals surface area contributed by atoms with Gasteiger partial charge in [-0.15, -0.1) is 0 Å². The molecule has 86 valence electrons. The highest BCUT2D eigenvalue weighted by Gasteiger charge is 2.35. The van der Waals surface area contributed by atoms with Gasteiger partial charge in [-0.05, 0) is 25.7 Å². The van der Waals surface area contributed by atoms with Crippen molar-refractivity contribution >= 4 is 6.29 Å². The van der Waals surface area contributed by atoms with Crippen LogP contribution in [0.5, 0.6) is 0 Å². The van der Waals surface area contributed by atoms with Gasteiger partial charge in [0.1, 0.15) is 5.60 Å². The van der Waals surface area contributed by atoms with Crippen LogP contribution in [0.15, 0.2) is 0 Å². The quantitative estimate of drug-likeness (QED) is 0.672. The number of hydrogen-bond donors (Lipinski definition) is 0. The zero-order valence-corrected chi connectivity index (χ0v) is 9.24. The summed E-state index contributed by atoms with van der Waals surface area (Å²) >= 11 is 0. The monoisotopic (exact) mass is 212 g/mol. The summed E-state index contributed by atoms with van der Waals surface area (Å²) in [5.74, 6) is 0. The Labute approximate surface area is 91.1 Å². The minimum absolute atomic E-state index is 0.238. The predicted molar refractivity (Wildman–Crippen MR) is 56.8 cm³/mol. The van der Waals surface area contributed by atoms with Gasteiger partial charge in [-0.1, -0.05) is 19.3 Å². The Balaban J connectivity index is 1.90. The van der Waals surface area contributed by atoms with E-state index < -0.39 is 5.60 Å². The second-order valence-electron chi connectivity index (χ2n) is 4.67. The molecule has 1 saturated heterocycles. The van der Waals surface area contributed by atoms with Crippen LogP contribution in [0.25, 0.3) is 0 Å². The lowest BCUT2D eigenvalue weighted by Gasteiger charge is -2.36. The standard InChI is InChI=1S/C12H20O3/c13-10-12(6-2-1-3-7-12)15-11-4-8-14-9-5-11/h10-11H,1-9H2. The Morgan fingerprint density at radius 1 is 1.13 bits per heavy atom. The van der Waals surface area contributed by atoms with Crippen molar-refractivity contribution in [3.8, 4) is 0 Å². The Hall–Kier alpha value is -0.410. The summed E-state index contributed by atoms with van der Waals surface area (Å²) in [6.45, 7) is 1.55. The molecule has 2 rings (SSSR count). The molecule has 0 amide bonds. The number of rotatable bonds is 3. The molecular weight excluding hydrogens is 192 g/mol. The first-order chi connectivity index (χ1) is 7.35. The van der Waals surface area contributed by atoms with E-state index in [9.17, 15) is 4.79 Å². The van der Waals surface area contributed by atoms with Crippen LogP contribution >= 0.6 is 0 Å². The third-order valence-corrected chi connectivity index (χ3v) is 3.48. The van der Waals surface area contributed by atoms with Crippen LogP contribution in [0.4, 0.5) is 0 Å². The van der Waals surface area contributed by atoms with Crippen LogP contribution in [0, 0.1) is 0 Å². The van der Waals surface area contributed by atoms with Gasteiger partial charge in [0.2, 0.25) is 0 Å². The smallest absolute Gasteiger partial charge is 0.151 e. The topological polar surface area (TPSA) is 35.5 Å². The van der Waals surface area contributed by atoms with Crippen molar-refractivity contribution in [2.45, 2.75) is 56.7 Å². The highest BCUT2D eigenvalue weighted by atomic mass is 16.5. The van der Waals surface area contributed by atoms with Crippen molar-refractivity contribution in [2.75, 3.05) is 13.2 Å². The summed E-state index contributed by atoms with van der Waals surface area (Å²) in [5.41, 5.74) is -0.458. The van der Waals surface area contributed by atoms with E-state index in [0.29, 0.717) is 0 Å². The fourth-order valence-electron chi connectivity index (χ4n) is 2.54. The van der Waals surface area contributed by atoms with E-state index >= 15 is 0 Å². The maximum Gasteiger partial charge on any atom is 0.151 e. The molecule has 0 N–H and O–H groups in total. The average Bonchev–Trinajstić information content (AvgIpc) is 2.32. The first-order valence-corrected chi connectivity index (χ1v) is 6.07. The zero-order valence-electron chi connectivity index (χ0n) is 9.24. The molecule has 1 saturated carbocycles. The molecule has 0 radical (unpaired) electrons. The van der Waals surface area contributed by atoms with Gasteiger partial charge >= 0.3 is 0 Å². The number of hydrogen-bond acceptors (Lipinski definition) is 3. The highest BCUT2D eigenvalue weighted by molar-refractivity contribution is 5.62. The summed E-state index contributed by atoms with van der Waals surface area (Å²) in [6, 6.07) is 0. The molecule has 1 aliphatic carbocycles. The van der Waals surface area contributed by atoms with E-state index in [-0.39, 0.29) is 6.10 Å². The van der Waals surface area contributed by atoms with E-state index in [2.05, 4.69) is 0 Å². The number of ether oxygens (including phenoxy) is 2. The molecule has 2 aliphatic rings. The molecule has 3 nitrogen and oxygen atoms in total. The van der Waals surface area contributed by atoms with Gasteiger partial charge in [-0.2, -0.15) is 0 Å². The molecule has 0 aromatic rings. The Morgan fingerprint density at radius 2 is 1.80 bits per heavy atom. The van der Waals surface area contributed by atoms with E-state index in [4.69, 9.17) is 9.47 Å². The molecule has 0 bridgehead atoms. The van der Waals surface area contributed by atoms with E-state index in [0.717, 1.165) is 58.0 Å². The van der Waals surface area contributed by atoms with Gasteiger partial charge in [0.05, 0.1) is 6.10 Å². The second kappa shape index (κ2) is 5.08. The molecule has 1 aliphatic heterocycles. The molecule has 1 heterocycles. The number of carbonyl (C=O) groups excluding carboxylic acids is 1. The minimum Gasteiger partial charge on any atom is -0.381 e. The Kier molecular flexibility index (Phi) is 3.76. The number of carbonyl (C=O) groups is 1. The first kappa shape index (κ1) is 11.1. The Bertz CT molecular complexity index is 203. The fraction of sp³-hybridized carbons (Fsp3) is 0.917. The third-order valence-electron chi connectivity index (χ3n) is 3.48. The lowest BCUT2D eigenvalue weighted by molar-refractivity contribution is -0.156. The largest absolute Gasteiger partial charge is 0.381 e. The average molecular weight is 212 g/mol. The van der Waals surface area contributed by atoms with Gasteiger partial charge in [0.15, 0.2) is 6.29 Å². The summed E-state index contributed by atoms with van der Waals surface area (Å²) in [4.78, 5) is 11.2. The van der Waals surface area contributed by atoms with Crippen molar-refractivity contribution in [2.24, 2.45) is 0 Å². The van der Waals surface area contributed by atoms with E-state index in [1.807, 2.05) is 0 Å². The highest BCUT2D eigenvalue weighted by Crippen LogP contribution is 2.32. The molecule has 15 heavy (non-hydrogen) atoms. The molecule has 0 aromatic carbocycles. The SMILES string of the molecule is O=CC1(OC2CCOCC2)CCCCC1. The first-order valence-electron chi connectivity index (χ1n) is 6.07. The molecule has 0 aromatic heterocycles.